The quantitative estimate of drug-likeness (QED) is 0.602. The lowest BCUT2D eigenvalue weighted by Crippen LogP contribution is -2.24. The fraction of sp³-hybridized carbons (Fsp3) is 0.684. The average Bonchev–Trinajstić information content (AvgIpc) is 3.08. The van der Waals surface area contributed by atoms with Crippen LogP contribution in [0.4, 0.5) is 0 Å². The number of hydrogen-bond acceptors (Lipinski definition) is 3. The summed E-state index contributed by atoms with van der Waals surface area (Å²) < 4.78 is 0. The first-order valence-electron chi connectivity index (χ1n) is 8.99. The highest BCUT2D eigenvalue weighted by Crippen LogP contribution is 2.24. The SMILES string of the molecule is CCCCCCCCc1ccc(O)c(Cl)c1.OCC1CCCN1. The highest BCUT2D eigenvalue weighted by Gasteiger charge is 2.10. The first-order chi connectivity index (χ1) is 11.2. The smallest absolute Gasteiger partial charge is 0.134 e. The topological polar surface area (TPSA) is 52.5 Å². The average molecular weight is 342 g/mol. The number of aromatic hydroxyl groups is 1. The van der Waals surface area contributed by atoms with E-state index >= 15 is 0 Å². The lowest BCUT2D eigenvalue weighted by atomic mass is 10.0. The first-order valence-corrected chi connectivity index (χ1v) is 9.36. The Labute approximate surface area is 146 Å². The lowest BCUT2D eigenvalue weighted by Gasteiger charge is -2.03. The van der Waals surface area contributed by atoms with Crippen molar-refractivity contribution >= 4 is 11.6 Å². The zero-order valence-electron chi connectivity index (χ0n) is 14.4. The van der Waals surface area contributed by atoms with Crippen molar-refractivity contribution in [3.63, 3.8) is 0 Å². The van der Waals surface area contributed by atoms with Crippen LogP contribution in [0.1, 0.15) is 63.9 Å². The summed E-state index contributed by atoms with van der Waals surface area (Å²) in [5.74, 6) is 0.174. The molecule has 1 unspecified atom stereocenters. The molecule has 1 aromatic carbocycles. The van der Waals surface area contributed by atoms with E-state index in [0.717, 1.165) is 19.4 Å². The Morgan fingerprint density at radius 1 is 1.17 bits per heavy atom. The van der Waals surface area contributed by atoms with Crippen molar-refractivity contribution in [2.45, 2.75) is 70.8 Å². The molecule has 0 radical (unpaired) electrons. The number of nitrogens with one attached hydrogen (secondary N) is 1. The summed E-state index contributed by atoms with van der Waals surface area (Å²) in [5, 5.41) is 21.4. The molecule has 1 saturated heterocycles. The maximum Gasteiger partial charge on any atom is 0.134 e. The fourth-order valence-electron chi connectivity index (χ4n) is 2.73. The number of aliphatic hydroxyl groups excluding tert-OH is 1. The van der Waals surface area contributed by atoms with Gasteiger partial charge in [-0.3, -0.25) is 0 Å². The maximum absolute atomic E-state index is 9.28. The van der Waals surface area contributed by atoms with Crippen molar-refractivity contribution in [2.75, 3.05) is 13.2 Å². The van der Waals surface area contributed by atoms with Crippen molar-refractivity contribution in [1.82, 2.24) is 5.32 Å². The van der Waals surface area contributed by atoms with E-state index < -0.39 is 0 Å². The Balaban J connectivity index is 0.000000313. The van der Waals surface area contributed by atoms with Crippen molar-refractivity contribution in [3.05, 3.63) is 28.8 Å². The van der Waals surface area contributed by atoms with Gasteiger partial charge in [-0.25, -0.2) is 0 Å². The van der Waals surface area contributed by atoms with E-state index in [1.807, 2.05) is 12.1 Å². The van der Waals surface area contributed by atoms with E-state index in [0.29, 0.717) is 17.7 Å². The van der Waals surface area contributed by atoms with Crippen LogP contribution in [0, 0.1) is 0 Å². The van der Waals surface area contributed by atoms with Gasteiger partial charge in [-0.05, 0) is 49.9 Å². The van der Waals surface area contributed by atoms with Gasteiger partial charge >= 0.3 is 0 Å². The number of aliphatic hydroxyl groups is 1. The van der Waals surface area contributed by atoms with Gasteiger partial charge in [-0.2, -0.15) is 0 Å². The molecule has 1 aromatic rings. The first kappa shape index (κ1) is 20.3. The van der Waals surface area contributed by atoms with Crippen LogP contribution in [0.2, 0.25) is 5.02 Å². The predicted molar refractivity (Wildman–Crippen MR) is 98.3 cm³/mol. The molecule has 1 fully saturated rings. The molecule has 3 N–H and O–H groups in total. The summed E-state index contributed by atoms with van der Waals surface area (Å²) >= 11 is 5.85. The van der Waals surface area contributed by atoms with Gasteiger partial charge in [0.25, 0.3) is 0 Å². The monoisotopic (exact) mass is 341 g/mol. The molecular weight excluding hydrogens is 310 g/mol. The third kappa shape index (κ3) is 9.19. The van der Waals surface area contributed by atoms with Gasteiger partial charge < -0.3 is 15.5 Å². The zero-order chi connectivity index (χ0) is 16.9. The number of aryl methyl sites for hydroxylation is 1. The Hall–Kier alpha value is -0.770. The van der Waals surface area contributed by atoms with E-state index in [9.17, 15) is 5.11 Å². The summed E-state index contributed by atoms with van der Waals surface area (Å²) in [5.41, 5.74) is 1.22. The van der Waals surface area contributed by atoms with Crippen LogP contribution in [0.3, 0.4) is 0 Å². The van der Waals surface area contributed by atoms with E-state index in [4.69, 9.17) is 16.7 Å². The number of unbranched alkanes of at least 4 members (excludes halogenated alkanes) is 5. The fourth-order valence-corrected chi connectivity index (χ4v) is 2.93. The van der Waals surface area contributed by atoms with Crippen LogP contribution in [-0.4, -0.2) is 29.4 Å². The number of rotatable bonds is 8. The Bertz CT molecular complexity index is 420. The lowest BCUT2D eigenvalue weighted by molar-refractivity contribution is 0.255. The molecule has 1 atom stereocenters. The van der Waals surface area contributed by atoms with Crippen LogP contribution in [-0.2, 0) is 6.42 Å². The van der Waals surface area contributed by atoms with Crippen LogP contribution >= 0.6 is 11.6 Å². The summed E-state index contributed by atoms with van der Waals surface area (Å²) in [6, 6.07) is 5.89. The number of halogens is 1. The van der Waals surface area contributed by atoms with Gasteiger partial charge in [-0.1, -0.05) is 56.7 Å². The number of hydrogen-bond donors (Lipinski definition) is 3. The van der Waals surface area contributed by atoms with Gasteiger partial charge in [0.2, 0.25) is 0 Å². The third-order valence-corrected chi connectivity index (χ3v) is 4.52. The zero-order valence-corrected chi connectivity index (χ0v) is 15.1. The standard InChI is InChI=1S/C14H21ClO.C5H11NO/c1-2-3-4-5-6-7-8-12-9-10-14(16)13(15)11-12;7-4-5-2-1-3-6-5/h9-11,16H,2-8H2,1H3;5-7H,1-4H2. The van der Waals surface area contributed by atoms with E-state index in [1.165, 1.54) is 50.5 Å². The maximum atomic E-state index is 9.28. The van der Waals surface area contributed by atoms with Crippen LogP contribution in [0.5, 0.6) is 5.75 Å². The van der Waals surface area contributed by atoms with Crippen molar-refractivity contribution in [3.8, 4) is 5.75 Å². The Morgan fingerprint density at radius 3 is 2.48 bits per heavy atom. The molecule has 0 aliphatic carbocycles. The number of benzene rings is 1. The summed E-state index contributed by atoms with van der Waals surface area (Å²) in [6.45, 7) is 3.63. The van der Waals surface area contributed by atoms with E-state index in [1.54, 1.807) is 6.07 Å². The predicted octanol–water partition coefficient (Wildman–Crippen LogP) is 4.68. The van der Waals surface area contributed by atoms with Crippen molar-refractivity contribution in [2.24, 2.45) is 0 Å². The van der Waals surface area contributed by atoms with Crippen molar-refractivity contribution < 1.29 is 10.2 Å². The Kier molecular flexibility index (Phi) is 11.1. The third-order valence-electron chi connectivity index (χ3n) is 4.21. The van der Waals surface area contributed by atoms with Gasteiger partial charge in [0.15, 0.2) is 0 Å². The van der Waals surface area contributed by atoms with Crippen molar-refractivity contribution in [1.29, 1.82) is 0 Å². The number of phenolic OH excluding ortho intramolecular Hbond substituents is 1. The molecule has 1 heterocycles. The van der Waals surface area contributed by atoms with Gasteiger partial charge in [0.05, 0.1) is 11.6 Å². The van der Waals surface area contributed by atoms with E-state index in [-0.39, 0.29) is 5.75 Å². The summed E-state index contributed by atoms with van der Waals surface area (Å²) in [4.78, 5) is 0. The molecule has 1 aliphatic heterocycles. The molecule has 23 heavy (non-hydrogen) atoms. The molecule has 1 aliphatic rings. The van der Waals surface area contributed by atoms with Crippen LogP contribution in [0.25, 0.3) is 0 Å². The van der Waals surface area contributed by atoms with Gasteiger partial charge in [0.1, 0.15) is 5.75 Å². The highest BCUT2D eigenvalue weighted by molar-refractivity contribution is 6.32. The second-order valence-corrected chi connectivity index (χ2v) is 6.69. The summed E-state index contributed by atoms with van der Waals surface area (Å²) in [6.07, 6.45) is 11.3. The molecule has 2 rings (SSSR count). The van der Waals surface area contributed by atoms with E-state index in [2.05, 4.69) is 12.2 Å². The molecule has 0 spiro atoms. The molecule has 0 bridgehead atoms. The summed E-state index contributed by atoms with van der Waals surface area (Å²) in [7, 11) is 0. The van der Waals surface area contributed by atoms with Crippen LogP contribution < -0.4 is 5.32 Å². The minimum absolute atomic E-state index is 0.174. The molecule has 132 valence electrons. The second kappa shape index (κ2) is 12.6. The van der Waals surface area contributed by atoms with Crippen LogP contribution in [0.15, 0.2) is 18.2 Å². The molecule has 0 amide bonds. The highest BCUT2D eigenvalue weighted by atomic mass is 35.5. The minimum Gasteiger partial charge on any atom is -0.506 e. The second-order valence-electron chi connectivity index (χ2n) is 6.28. The Morgan fingerprint density at radius 2 is 1.91 bits per heavy atom. The largest absolute Gasteiger partial charge is 0.506 e. The molecule has 0 saturated carbocycles. The molecular formula is C19H32ClNO2. The number of phenols is 1. The van der Waals surface area contributed by atoms with Gasteiger partial charge in [-0.15, -0.1) is 0 Å². The minimum atomic E-state index is 0.174. The normalized spacial score (nSPS) is 16.9. The molecule has 3 nitrogen and oxygen atoms in total. The molecule has 0 aromatic heterocycles. The van der Waals surface area contributed by atoms with Gasteiger partial charge in [0, 0.05) is 6.04 Å². The molecule has 4 heteroatoms.